The van der Waals surface area contributed by atoms with E-state index < -0.39 is 0 Å². The third-order valence-corrected chi connectivity index (χ3v) is 4.45. The number of hydrogen-bond donors (Lipinski definition) is 0. The maximum atomic E-state index is 13.7. The molecule has 0 fully saturated rings. The molecule has 3 heteroatoms. The van der Waals surface area contributed by atoms with Gasteiger partial charge in [0.2, 0.25) is 0 Å². The normalized spacial score (nSPS) is 12.5. The summed E-state index contributed by atoms with van der Waals surface area (Å²) in [6.45, 7) is 1.77. The number of benzene rings is 2. The summed E-state index contributed by atoms with van der Waals surface area (Å²) < 4.78 is 13.7. The van der Waals surface area contributed by atoms with Crippen LogP contribution in [0.15, 0.2) is 54.6 Å². The lowest BCUT2D eigenvalue weighted by Crippen LogP contribution is -1.99. The molecule has 0 bridgehead atoms. The predicted molar refractivity (Wildman–Crippen MR) is 88.3 cm³/mol. The second kappa shape index (κ2) is 5.94. The van der Waals surface area contributed by atoms with E-state index in [9.17, 15) is 4.39 Å². The van der Waals surface area contributed by atoms with Crippen molar-refractivity contribution < 1.29 is 4.39 Å². The molecule has 3 aromatic rings. The molecule has 1 unspecified atom stereocenters. The molecule has 106 valence electrons. The van der Waals surface area contributed by atoms with Gasteiger partial charge in [-0.3, -0.25) is 4.98 Å². The molecule has 0 saturated heterocycles. The minimum atomic E-state index is -0.163. The highest BCUT2D eigenvalue weighted by Gasteiger charge is 2.11. The number of rotatable bonds is 3. The highest BCUT2D eigenvalue weighted by Crippen LogP contribution is 2.28. The quantitative estimate of drug-likeness (QED) is 0.583. The van der Waals surface area contributed by atoms with Crippen LogP contribution in [0, 0.1) is 12.7 Å². The van der Waals surface area contributed by atoms with E-state index in [0.717, 1.165) is 28.6 Å². The monoisotopic (exact) mass is 343 g/mol. The summed E-state index contributed by atoms with van der Waals surface area (Å²) in [6, 6.07) is 17.5. The third-order valence-electron chi connectivity index (χ3n) is 3.60. The van der Waals surface area contributed by atoms with E-state index in [2.05, 4.69) is 27.0 Å². The largest absolute Gasteiger partial charge is 0.253 e. The molecule has 0 aliphatic carbocycles. The predicted octanol–water partition coefficient (Wildman–Crippen LogP) is 5.36. The van der Waals surface area contributed by atoms with E-state index in [4.69, 9.17) is 0 Å². The number of fused-ring (bicyclic) bond motifs is 1. The van der Waals surface area contributed by atoms with Gasteiger partial charge in [-0.05, 0) is 36.2 Å². The van der Waals surface area contributed by atoms with Gasteiger partial charge in [0.15, 0.2) is 0 Å². The van der Waals surface area contributed by atoms with Gasteiger partial charge in [-0.15, -0.1) is 0 Å². The van der Waals surface area contributed by atoms with Crippen LogP contribution in [0.5, 0.6) is 0 Å². The Balaban J connectivity index is 1.85. The smallest absolute Gasteiger partial charge is 0.126 e. The molecule has 0 aliphatic heterocycles. The van der Waals surface area contributed by atoms with E-state index in [1.165, 1.54) is 0 Å². The maximum absolute atomic E-state index is 13.7. The highest BCUT2D eigenvalue weighted by molar-refractivity contribution is 9.09. The highest BCUT2D eigenvalue weighted by atomic mass is 79.9. The van der Waals surface area contributed by atoms with Crippen LogP contribution in [-0.4, -0.2) is 4.98 Å². The Hall–Kier alpha value is -1.74. The van der Waals surface area contributed by atoms with Crippen LogP contribution < -0.4 is 0 Å². The molecular weight excluding hydrogens is 329 g/mol. The molecule has 1 nitrogen and oxygen atoms in total. The van der Waals surface area contributed by atoms with Crippen molar-refractivity contribution in [1.29, 1.82) is 0 Å². The van der Waals surface area contributed by atoms with Crippen LogP contribution in [-0.2, 0) is 6.42 Å². The Morgan fingerprint density at radius 1 is 1.10 bits per heavy atom. The van der Waals surface area contributed by atoms with Crippen molar-refractivity contribution in [3.63, 3.8) is 0 Å². The summed E-state index contributed by atoms with van der Waals surface area (Å²) in [5.41, 5.74) is 3.59. The summed E-state index contributed by atoms with van der Waals surface area (Å²) in [5, 5.41) is 1.13. The Labute approximate surface area is 132 Å². The number of para-hydroxylation sites is 1. The first-order valence-electron chi connectivity index (χ1n) is 6.88. The first kappa shape index (κ1) is 14.2. The Kier molecular flexibility index (Phi) is 4.02. The number of halogens is 2. The lowest BCUT2D eigenvalue weighted by atomic mass is 10.0. The standard InChI is InChI=1S/C18H15BrFN/c1-12-6-7-14(10-17(12)20)16(19)11-15-9-8-13-4-2-3-5-18(13)21-15/h2-10,16H,11H2,1H3. The van der Waals surface area contributed by atoms with E-state index in [-0.39, 0.29) is 10.6 Å². The SMILES string of the molecule is Cc1ccc(C(Br)Cc2ccc3ccccc3n2)cc1F. The van der Waals surface area contributed by atoms with Gasteiger partial charge in [0.05, 0.1) is 5.52 Å². The van der Waals surface area contributed by atoms with E-state index in [1.807, 2.05) is 42.5 Å². The second-order valence-corrected chi connectivity index (χ2v) is 6.28. The van der Waals surface area contributed by atoms with Crippen LogP contribution in [0.4, 0.5) is 4.39 Å². The number of aryl methyl sites for hydroxylation is 1. The molecule has 0 radical (unpaired) electrons. The zero-order chi connectivity index (χ0) is 14.8. The molecule has 1 atom stereocenters. The number of pyridine rings is 1. The molecule has 1 aromatic heterocycles. The minimum absolute atomic E-state index is 0.0567. The number of aromatic nitrogens is 1. The van der Waals surface area contributed by atoms with Crippen molar-refractivity contribution in [2.75, 3.05) is 0 Å². The topological polar surface area (TPSA) is 12.9 Å². The summed E-state index contributed by atoms with van der Waals surface area (Å²) in [4.78, 5) is 4.71. The van der Waals surface area contributed by atoms with Gasteiger partial charge in [0.1, 0.15) is 5.82 Å². The molecular formula is C18H15BrFN. The van der Waals surface area contributed by atoms with Crippen molar-refractivity contribution in [1.82, 2.24) is 4.98 Å². The van der Waals surface area contributed by atoms with Crippen molar-refractivity contribution in [3.05, 3.63) is 77.2 Å². The van der Waals surface area contributed by atoms with Gasteiger partial charge < -0.3 is 0 Å². The number of hydrogen-bond acceptors (Lipinski definition) is 1. The molecule has 0 saturated carbocycles. The van der Waals surface area contributed by atoms with Crippen LogP contribution in [0.3, 0.4) is 0 Å². The van der Waals surface area contributed by atoms with E-state index >= 15 is 0 Å². The van der Waals surface area contributed by atoms with Gasteiger partial charge in [0, 0.05) is 22.3 Å². The fourth-order valence-electron chi connectivity index (χ4n) is 2.33. The van der Waals surface area contributed by atoms with Crippen molar-refractivity contribution in [2.45, 2.75) is 18.2 Å². The van der Waals surface area contributed by atoms with Gasteiger partial charge in [-0.1, -0.05) is 52.3 Å². The Morgan fingerprint density at radius 3 is 2.71 bits per heavy atom. The molecule has 1 heterocycles. The molecule has 2 aromatic carbocycles. The van der Waals surface area contributed by atoms with Crippen LogP contribution in [0.25, 0.3) is 10.9 Å². The molecule has 3 rings (SSSR count). The van der Waals surface area contributed by atoms with E-state index in [1.54, 1.807) is 13.0 Å². The summed E-state index contributed by atoms with van der Waals surface area (Å²) in [6.07, 6.45) is 0.729. The first-order valence-corrected chi connectivity index (χ1v) is 7.80. The zero-order valence-electron chi connectivity index (χ0n) is 11.7. The summed E-state index contributed by atoms with van der Waals surface area (Å²) in [7, 11) is 0. The van der Waals surface area contributed by atoms with E-state index in [0.29, 0.717) is 5.56 Å². The number of alkyl halides is 1. The number of nitrogens with zero attached hydrogens (tertiary/aromatic N) is 1. The summed E-state index contributed by atoms with van der Waals surface area (Å²) in [5.74, 6) is -0.163. The molecule has 0 N–H and O–H groups in total. The zero-order valence-corrected chi connectivity index (χ0v) is 13.3. The van der Waals surface area contributed by atoms with Gasteiger partial charge >= 0.3 is 0 Å². The van der Waals surface area contributed by atoms with Gasteiger partial charge in [0.25, 0.3) is 0 Å². The fourth-order valence-corrected chi connectivity index (χ4v) is 2.94. The molecule has 0 spiro atoms. The maximum Gasteiger partial charge on any atom is 0.126 e. The van der Waals surface area contributed by atoms with Gasteiger partial charge in [-0.2, -0.15) is 0 Å². The third kappa shape index (κ3) is 3.13. The summed E-state index contributed by atoms with van der Waals surface area (Å²) >= 11 is 3.64. The minimum Gasteiger partial charge on any atom is -0.253 e. The van der Waals surface area contributed by atoms with Crippen LogP contribution in [0.2, 0.25) is 0 Å². The van der Waals surface area contributed by atoms with Crippen LogP contribution >= 0.6 is 15.9 Å². The average Bonchev–Trinajstić information content (AvgIpc) is 2.50. The average molecular weight is 344 g/mol. The van der Waals surface area contributed by atoms with Gasteiger partial charge in [-0.25, -0.2) is 4.39 Å². The molecule has 0 aliphatic rings. The lowest BCUT2D eigenvalue weighted by molar-refractivity contribution is 0.615. The Morgan fingerprint density at radius 2 is 1.90 bits per heavy atom. The lowest BCUT2D eigenvalue weighted by Gasteiger charge is -2.11. The Bertz CT molecular complexity index is 785. The van der Waals surface area contributed by atoms with Crippen molar-refractivity contribution in [3.8, 4) is 0 Å². The van der Waals surface area contributed by atoms with Crippen molar-refractivity contribution in [2.24, 2.45) is 0 Å². The second-order valence-electron chi connectivity index (χ2n) is 5.18. The molecule has 21 heavy (non-hydrogen) atoms. The first-order chi connectivity index (χ1) is 10.1. The molecule has 0 amide bonds. The fraction of sp³-hybridized carbons (Fsp3) is 0.167. The van der Waals surface area contributed by atoms with Crippen LogP contribution in [0.1, 0.15) is 21.6 Å². The van der Waals surface area contributed by atoms with Crippen molar-refractivity contribution >= 4 is 26.8 Å².